The zero-order valence-electron chi connectivity index (χ0n) is 19.8. The van der Waals surface area contributed by atoms with E-state index < -0.39 is 5.91 Å². The molecule has 2 fully saturated rings. The number of hydrogen-bond acceptors (Lipinski definition) is 8. The van der Waals surface area contributed by atoms with E-state index in [-0.39, 0.29) is 35.1 Å². The Hall–Kier alpha value is -4.28. The van der Waals surface area contributed by atoms with E-state index in [2.05, 4.69) is 25.3 Å². The number of likely N-dealkylation sites (tertiary alicyclic amines) is 1. The van der Waals surface area contributed by atoms with Crippen molar-refractivity contribution in [2.75, 3.05) is 25.4 Å². The van der Waals surface area contributed by atoms with Crippen molar-refractivity contribution in [1.82, 2.24) is 34.6 Å². The third kappa shape index (κ3) is 4.06. The summed E-state index contributed by atoms with van der Waals surface area (Å²) < 4.78 is 7.41. The maximum Gasteiger partial charge on any atom is 0.273 e. The van der Waals surface area contributed by atoms with E-state index >= 15 is 0 Å². The molecule has 0 radical (unpaired) electrons. The monoisotopic (exact) mass is 486 g/mol. The van der Waals surface area contributed by atoms with Crippen LogP contribution in [0, 0.1) is 18.8 Å². The van der Waals surface area contributed by atoms with Crippen molar-refractivity contribution >= 4 is 23.3 Å². The zero-order valence-corrected chi connectivity index (χ0v) is 19.8. The van der Waals surface area contributed by atoms with Gasteiger partial charge in [0.05, 0.1) is 6.20 Å². The van der Waals surface area contributed by atoms with Gasteiger partial charge in [-0.25, -0.2) is 19.9 Å². The standard InChI is InChI=1S/C25H26N8O3/c1-14-10-28-18-5-4-17(13-33(14)18)19-20(24-27-7-9-36-24)31-22(26)21(30-19)23(34)29-11-15-6-8-32(12-15)25(35)16-2-3-16/h4-5,7,9-10,13,15-16H,2-3,6,8,11-12H2,1H3,(H2,26,31)(H,29,34)/t15-/m1/s1. The van der Waals surface area contributed by atoms with Gasteiger partial charge in [-0.2, -0.15) is 0 Å². The molecule has 184 valence electrons. The highest BCUT2D eigenvalue weighted by atomic mass is 16.3. The number of amides is 2. The van der Waals surface area contributed by atoms with Crippen molar-refractivity contribution in [3.05, 3.63) is 48.4 Å². The third-order valence-corrected chi connectivity index (χ3v) is 6.81. The first kappa shape index (κ1) is 22.2. The summed E-state index contributed by atoms with van der Waals surface area (Å²) in [5, 5.41) is 2.94. The second-order valence-electron chi connectivity index (χ2n) is 9.46. The predicted octanol–water partition coefficient (Wildman–Crippen LogP) is 2.33. The highest BCUT2D eigenvalue weighted by molar-refractivity contribution is 5.97. The average molecular weight is 487 g/mol. The molecule has 2 aliphatic rings. The Morgan fingerprint density at radius 2 is 2.03 bits per heavy atom. The van der Waals surface area contributed by atoms with Crippen LogP contribution in [0.25, 0.3) is 28.5 Å². The lowest BCUT2D eigenvalue weighted by atomic mass is 10.1. The number of carbonyl (C=O) groups is 2. The number of rotatable bonds is 6. The van der Waals surface area contributed by atoms with Gasteiger partial charge in [0.1, 0.15) is 17.6 Å². The molecule has 0 aromatic carbocycles. The van der Waals surface area contributed by atoms with E-state index in [0.29, 0.717) is 30.0 Å². The van der Waals surface area contributed by atoms with Crippen LogP contribution in [-0.2, 0) is 4.79 Å². The summed E-state index contributed by atoms with van der Waals surface area (Å²) >= 11 is 0. The molecule has 36 heavy (non-hydrogen) atoms. The lowest BCUT2D eigenvalue weighted by Gasteiger charge is -2.16. The fraction of sp³-hybridized carbons (Fsp3) is 0.360. The number of carbonyl (C=O) groups excluding carboxylic acids is 2. The first-order valence-corrected chi connectivity index (χ1v) is 12.1. The minimum Gasteiger partial charge on any atom is -0.443 e. The van der Waals surface area contributed by atoms with Gasteiger partial charge >= 0.3 is 0 Å². The Morgan fingerprint density at radius 1 is 1.17 bits per heavy atom. The van der Waals surface area contributed by atoms with Crippen LogP contribution >= 0.6 is 0 Å². The summed E-state index contributed by atoms with van der Waals surface area (Å²) in [5.74, 6) is 0.483. The highest BCUT2D eigenvalue weighted by Crippen LogP contribution is 2.33. The Kier molecular flexibility index (Phi) is 5.39. The van der Waals surface area contributed by atoms with Crippen molar-refractivity contribution in [1.29, 1.82) is 0 Å². The average Bonchev–Trinajstić information content (AvgIpc) is 3.24. The van der Waals surface area contributed by atoms with Crippen LogP contribution in [0.4, 0.5) is 5.82 Å². The smallest absolute Gasteiger partial charge is 0.273 e. The van der Waals surface area contributed by atoms with Gasteiger partial charge in [0.2, 0.25) is 11.8 Å². The van der Waals surface area contributed by atoms with Gasteiger partial charge in [-0.15, -0.1) is 0 Å². The molecule has 4 aromatic heterocycles. The first-order chi connectivity index (χ1) is 17.5. The minimum absolute atomic E-state index is 0.0127. The second kappa shape index (κ2) is 8.74. The quantitative estimate of drug-likeness (QED) is 0.422. The number of aromatic nitrogens is 5. The Morgan fingerprint density at radius 3 is 2.81 bits per heavy atom. The minimum atomic E-state index is -0.410. The molecular weight excluding hydrogens is 460 g/mol. The molecule has 0 bridgehead atoms. The summed E-state index contributed by atoms with van der Waals surface area (Å²) in [6.07, 6.45) is 9.47. The lowest BCUT2D eigenvalue weighted by molar-refractivity contribution is -0.131. The van der Waals surface area contributed by atoms with Gasteiger partial charge in [0.15, 0.2) is 17.2 Å². The van der Waals surface area contributed by atoms with Crippen LogP contribution in [0.15, 0.2) is 41.4 Å². The number of nitrogens with two attached hydrogens (primary N) is 1. The van der Waals surface area contributed by atoms with Crippen LogP contribution in [0.5, 0.6) is 0 Å². The van der Waals surface area contributed by atoms with Crippen LogP contribution in [0.1, 0.15) is 35.4 Å². The number of anilines is 1. The van der Waals surface area contributed by atoms with E-state index in [0.717, 1.165) is 37.1 Å². The number of nitrogen functional groups attached to an aromatic ring is 1. The molecule has 0 unspecified atom stereocenters. The molecular formula is C25H26N8O3. The van der Waals surface area contributed by atoms with Crippen molar-refractivity contribution < 1.29 is 14.0 Å². The van der Waals surface area contributed by atoms with E-state index in [1.807, 2.05) is 34.6 Å². The molecule has 4 aromatic rings. The molecule has 2 amide bonds. The number of hydrogen-bond donors (Lipinski definition) is 2. The molecule has 1 atom stereocenters. The number of pyridine rings is 1. The summed E-state index contributed by atoms with van der Waals surface area (Å²) in [7, 11) is 0. The summed E-state index contributed by atoms with van der Waals surface area (Å²) in [6, 6.07) is 3.73. The van der Waals surface area contributed by atoms with E-state index in [9.17, 15) is 9.59 Å². The SMILES string of the molecule is Cc1cnc2ccc(-c3nc(C(=O)NC[C@H]4CCN(C(=O)C5CC5)C4)c(N)nc3-c3ncco3)cn12. The van der Waals surface area contributed by atoms with E-state index in [1.165, 1.54) is 12.5 Å². The normalized spacial score (nSPS) is 17.6. The molecule has 1 saturated carbocycles. The molecule has 6 rings (SSSR count). The first-order valence-electron chi connectivity index (χ1n) is 12.1. The molecule has 11 heteroatoms. The molecule has 3 N–H and O–H groups in total. The second-order valence-corrected chi connectivity index (χ2v) is 9.46. The summed E-state index contributed by atoms with van der Waals surface area (Å²) in [6.45, 7) is 3.79. The number of nitrogens with zero attached hydrogens (tertiary/aromatic N) is 6. The molecule has 5 heterocycles. The highest BCUT2D eigenvalue weighted by Gasteiger charge is 2.36. The molecule has 1 aliphatic carbocycles. The maximum atomic E-state index is 13.1. The van der Waals surface area contributed by atoms with Crippen LogP contribution in [0.3, 0.4) is 0 Å². The largest absolute Gasteiger partial charge is 0.443 e. The van der Waals surface area contributed by atoms with Crippen molar-refractivity contribution in [2.45, 2.75) is 26.2 Å². The molecule has 1 aliphatic heterocycles. The van der Waals surface area contributed by atoms with Gasteiger partial charge < -0.3 is 24.8 Å². The summed E-state index contributed by atoms with van der Waals surface area (Å²) in [5.41, 5.74) is 9.45. The Bertz CT molecular complexity index is 1460. The van der Waals surface area contributed by atoms with Crippen molar-refractivity contribution in [2.24, 2.45) is 11.8 Å². The van der Waals surface area contributed by atoms with Gasteiger partial charge in [0, 0.05) is 49.2 Å². The number of imidazole rings is 1. The lowest BCUT2D eigenvalue weighted by Crippen LogP contribution is -2.34. The topological polar surface area (TPSA) is 145 Å². The molecule has 1 saturated heterocycles. The van der Waals surface area contributed by atoms with Crippen LogP contribution < -0.4 is 11.1 Å². The fourth-order valence-corrected chi connectivity index (χ4v) is 4.66. The van der Waals surface area contributed by atoms with Crippen LogP contribution in [-0.4, -0.2) is 60.7 Å². The number of aryl methyl sites for hydroxylation is 1. The van der Waals surface area contributed by atoms with E-state index in [1.54, 1.807) is 6.20 Å². The summed E-state index contributed by atoms with van der Waals surface area (Å²) in [4.78, 5) is 45.1. The van der Waals surface area contributed by atoms with Gasteiger partial charge in [-0.05, 0) is 44.2 Å². The molecule has 0 spiro atoms. The van der Waals surface area contributed by atoms with Crippen LogP contribution in [0.2, 0.25) is 0 Å². The third-order valence-electron chi connectivity index (χ3n) is 6.81. The Labute approximate surface area is 206 Å². The Balaban J connectivity index is 1.27. The van der Waals surface area contributed by atoms with Gasteiger partial charge in [-0.1, -0.05) is 0 Å². The number of oxazole rings is 1. The number of fused-ring (bicyclic) bond motifs is 1. The number of nitrogens with one attached hydrogen (secondary N) is 1. The van der Waals surface area contributed by atoms with Crippen molar-refractivity contribution in [3.63, 3.8) is 0 Å². The fourth-order valence-electron chi connectivity index (χ4n) is 4.66. The molecule has 11 nitrogen and oxygen atoms in total. The maximum absolute atomic E-state index is 13.1. The van der Waals surface area contributed by atoms with Crippen molar-refractivity contribution in [3.8, 4) is 22.8 Å². The van der Waals surface area contributed by atoms with E-state index in [4.69, 9.17) is 10.2 Å². The van der Waals surface area contributed by atoms with Gasteiger partial charge in [-0.3, -0.25) is 9.59 Å². The van der Waals surface area contributed by atoms with Gasteiger partial charge in [0.25, 0.3) is 5.91 Å². The zero-order chi connectivity index (χ0) is 24.8. The predicted molar refractivity (Wildman–Crippen MR) is 131 cm³/mol.